The van der Waals surface area contributed by atoms with E-state index in [9.17, 15) is 4.79 Å². The van der Waals surface area contributed by atoms with Crippen molar-refractivity contribution >= 4 is 21.9 Å². The van der Waals surface area contributed by atoms with Gasteiger partial charge in [0.15, 0.2) is 0 Å². The van der Waals surface area contributed by atoms with Gasteiger partial charge in [-0.1, -0.05) is 18.2 Å². The molecule has 0 aliphatic heterocycles. The van der Waals surface area contributed by atoms with Crippen molar-refractivity contribution in [1.82, 2.24) is 29.5 Å². The van der Waals surface area contributed by atoms with E-state index in [4.69, 9.17) is 0 Å². The summed E-state index contributed by atoms with van der Waals surface area (Å²) in [5.74, 6) is 0. The molecule has 0 fully saturated rings. The van der Waals surface area contributed by atoms with Gasteiger partial charge >= 0.3 is 0 Å². The fraction of sp³-hybridized carbons (Fsp3) is 0.100. The molecule has 0 unspecified atom stereocenters. The lowest BCUT2D eigenvalue weighted by Gasteiger charge is -2.09. The second kappa shape index (κ2) is 5.63. The summed E-state index contributed by atoms with van der Waals surface area (Å²) >= 11 is 0. The molecule has 0 aliphatic rings. The van der Waals surface area contributed by atoms with Crippen LogP contribution in [0.25, 0.3) is 44.3 Å². The number of nitrogens with zero attached hydrogens (tertiary/aromatic N) is 5. The Labute approximate surface area is 153 Å². The summed E-state index contributed by atoms with van der Waals surface area (Å²) < 4.78 is 3.48. The van der Waals surface area contributed by atoms with Crippen molar-refractivity contribution < 1.29 is 0 Å². The van der Waals surface area contributed by atoms with Crippen molar-refractivity contribution in [1.29, 1.82) is 0 Å². The molecule has 0 aliphatic carbocycles. The zero-order valence-corrected chi connectivity index (χ0v) is 14.8. The van der Waals surface area contributed by atoms with Gasteiger partial charge in [0.1, 0.15) is 0 Å². The van der Waals surface area contributed by atoms with Crippen molar-refractivity contribution in [3.05, 3.63) is 65.3 Å². The van der Waals surface area contributed by atoms with Crippen LogP contribution in [0.4, 0.5) is 0 Å². The minimum Gasteiger partial charge on any atom is -0.285 e. The average molecular weight is 356 g/mol. The van der Waals surface area contributed by atoms with Crippen molar-refractivity contribution in [3.63, 3.8) is 0 Å². The van der Waals surface area contributed by atoms with Crippen molar-refractivity contribution in [2.75, 3.05) is 0 Å². The van der Waals surface area contributed by atoms with Crippen LogP contribution in [-0.2, 0) is 14.1 Å². The maximum atomic E-state index is 13.0. The molecule has 5 aromatic rings. The van der Waals surface area contributed by atoms with Crippen LogP contribution in [-0.4, -0.2) is 29.5 Å². The van der Waals surface area contributed by atoms with Crippen LogP contribution in [0.15, 0.2) is 59.8 Å². The quantitative estimate of drug-likeness (QED) is 0.527. The highest BCUT2D eigenvalue weighted by atomic mass is 16.1. The number of aromatic nitrogens is 6. The number of rotatable bonds is 2. The number of hydrogen-bond acceptors (Lipinski definition) is 4. The van der Waals surface area contributed by atoms with Gasteiger partial charge in [-0.05, 0) is 23.8 Å². The Morgan fingerprint density at radius 3 is 2.52 bits per heavy atom. The first-order valence-electron chi connectivity index (χ1n) is 8.54. The van der Waals surface area contributed by atoms with Crippen LogP contribution in [0.3, 0.4) is 0 Å². The topological polar surface area (TPSA) is 81.4 Å². The summed E-state index contributed by atoms with van der Waals surface area (Å²) in [4.78, 5) is 21.7. The summed E-state index contributed by atoms with van der Waals surface area (Å²) in [6.45, 7) is 0. The third kappa shape index (κ3) is 2.28. The first-order valence-corrected chi connectivity index (χ1v) is 8.54. The van der Waals surface area contributed by atoms with E-state index >= 15 is 0 Å². The Morgan fingerprint density at radius 2 is 1.67 bits per heavy atom. The van der Waals surface area contributed by atoms with E-state index in [1.165, 1.54) is 0 Å². The lowest BCUT2D eigenvalue weighted by Crippen LogP contribution is -2.17. The van der Waals surface area contributed by atoms with Crippen LogP contribution in [0, 0.1) is 0 Å². The molecule has 7 heteroatoms. The Morgan fingerprint density at radius 1 is 0.889 bits per heavy atom. The Balaban J connectivity index is 1.81. The molecule has 0 bridgehead atoms. The van der Waals surface area contributed by atoms with Gasteiger partial charge in [-0.3, -0.25) is 29.2 Å². The van der Waals surface area contributed by atoms with Gasteiger partial charge in [-0.2, -0.15) is 5.10 Å². The number of benzene rings is 2. The molecule has 1 N–H and O–H groups in total. The predicted octanol–water partition coefficient (Wildman–Crippen LogP) is 2.88. The lowest BCUT2D eigenvalue weighted by molar-refractivity contribution is 0.584. The summed E-state index contributed by atoms with van der Waals surface area (Å²) in [6, 6.07) is 11.8. The largest absolute Gasteiger partial charge is 0.285 e. The first-order chi connectivity index (χ1) is 13.1. The predicted molar refractivity (Wildman–Crippen MR) is 104 cm³/mol. The zero-order chi connectivity index (χ0) is 18.5. The second-order valence-corrected chi connectivity index (χ2v) is 6.51. The lowest BCUT2D eigenvalue weighted by atomic mass is 10.00. The van der Waals surface area contributed by atoms with Gasteiger partial charge in [0.25, 0.3) is 5.56 Å². The van der Waals surface area contributed by atoms with Gasteiger partial charge in [0, 0.05) is 37.4 Å². The molecule has 132 valence electrons. The van der Waals surface area contributed by atoms with E-state index in [1.807, 2.05) is 48.1 Å². The normalized spacial score (nSPS) is 11.5. The van der Waals surface area contributed by atoms with Crippen LogP contribution in [0.1, 0.15) is 0 Å². The van der Waals surface area contributed by atoms with Crippen LogP contribution >= 0.6 is 0 Å². The van der Waals surface area contributed by atoms with Gasteiger partial charge in [-0.15, -0.1) is 0 Å². The monoisotopic (exact) mass is 356 g/mol. The minimum atomic E-state index is -0.0504. The van der Waals surface area contributed by atoms with Gasteiger partial charge in [-0.25, -0.2) is 0 Å². The fourth-order valence-electron chi connectivity index (χ4n) is 3.51. The number of nitrogens with one attached hydrogen (secondary N) is 1. The highest BCUT2D eigenvalue weighted by molar-refractivity contribution is 5.90. The highest BCUT2D eigenvalue weighted by Crippen LogP contribution is 2.32. The maximum Gasteiger partial charge on any atom is 0.274 e. The minimum absolute atomic E-state index is 0.0504. The van der Waals surface area contributed by atoms with E-state index in [2.05, 4.69) is 20.2 Å². The molecular weight excluding hydrogens is 340 g/mol. The van der Waals surface area contributed by atoms with E-state index in [0.717, 1.165) is 38.8 Å². The van der Waals surface area contributed by atoms with E-state index < -0.39 is 0 Å². The van der Waals surface area contributed by atoms with Crippen molar-refractivity contribution in [2.45, 2.75) is 0 Å². The molecule has 0 radical (unpaired) electrons. The first kappa shape index (κ1) is 15.5. The van der Waals surface area contributed by atoms with E-state index in [-0.39, 0.29) is 5.56 Å². The molecule has 0 saturated heterocycles. The van der Waals surface area contributed by atoms with Gasteiger partial charge in [0.05, 0.1) is 34.0 Å². The molecule has 2 aromatic carbocycles. The summed E-state index contributed by atoms with van der Waals surface area (Å²) in [6.07, 6.45) is 5.11. The molecule has 3 heterocycles. The SMILES string of the molecule is Cn1c(-c2ccc3nccnc3c2)c(-c2ccc3cn[nH]c3c2)c(=O)n1C. The average Bonchev–Trinajstić information content (AvgIpc) is 3.25. The number of hydrogen-bond donors (Lipinski definition) is 1. The Hall–Kier alpha value is -3.74. The fourth-order valence-corrected chi connectivity index (χ4v) is 3.51. The molecule has 3 aromatic heterocycles. The summed E-state index contributed by atoms with van der Waals surface area (Å²) in [5, 5.41) is 8.05. The standard InChI is InChI=1S/C20H16N6O/c1-25-19(13-5-6-15-17(10-13)22-8-7-21-15)18(20(27)26(25)2)12-3-4-14-11-23-24-16(14)9-12/h3-11H,1-2H3,(H,23,24). The maximum absolute atomic E-state index is 13.0. The molecule has 0 spiro atoms. The molecule has 27 heavy (non-hydrogen) atoms. The smallest absolute Gasteiger partial charge is 0.274 e. The van der Waals surface area contributed by atoms with E-state index in [0.29, 0.717) is 5.56 Å². The Bertz CT molecular complexity index is 1370. The molecule has 0 saturated carbocycles. The van der Waals surface area contributed by atoms with Gasteiger partial charge in [0.2, 0.25) is 0 Å². The third-order valence-corrected chi connectivity index (χ3v) is 4.99. The van der Waals surface area contributed by atoms with Crippen molar-refractivity contribution in [3.8, 4) is 22.4 Å². The molecular formula is C20H16N6O. The van der Waals surface area contributed by atoms with Crippen LogP contribution in [0.2, 0.25) is 0 Å². The van der Waals surface area contributed by atoms with Gasteiger partial charge < -0.3 is 0 Å². The van der Waals surface area contributed by atoms with Crippen LogP contribution in [0.5, 0.6) is 0 Å². The second-order valence-electron chi connectivity index (χ2n) is 6.51. The summed E-state index contributed by atoms with van der Waals surface area (Å²) in [5.41, 5.74) is 5.72. The van der Waals surface area contributed by atoms with Crippen LogP contribution < -0.4 is 5.56 Å². The molecule has 0 amide bonds. The van der Waals surface area contributed by atoms with E-state index in [1.54, 1.807) is 30.3 Å². The number of fused-ring (bicyclic) bond motifs is 2. The third-order valence-electron chi connectivity index (χ3n) is 4.99. The molecule has 7 nitrogen and oxygen atoms in total. The Kier molecular flexibility index (Phi) is 3.24. The number of H-pyrrole nitrogens is 1. The van der Waals surface area contributed by atoms with Crippen molar-refractivity contribution in [2.24, 2.45) is 14.1 Å². The number of aromatic amines is 1. The molecule has 5 rings (SSSR count). The molecule has 0 atom stereocenters. The summed E-state index contributed by atoms with van der Waals surface area (Å²) in [7, 11) is 3.65. The highest BCUT2D eigenvalue weighted by Gasteiger charge is 2.20. The zero-order valence-electron chi connectivity index (χ0n) is 14.8.